The van der Waals surface area contributed by atoms with E-state index in [0.29, 0.717) is 11.1 Å². The molecule has 1 amide bonds. The van der Waals surface area contributed by atoms with Crippen LogP contribution in [-0.4, -0.2) is 33.3 Å². The number of nitrogens with zero attached hydrogens (tertiary/aromatic N) is 3. The molecule has 0 bridgehead atoms. The van der Waals surface area contributed by atoms with Gasteiger partial charge in [0.15, 0.2) is 11.5 Å². The molecule has 2 heterocycles. The number of halogens is 5. The Labute approximate surface area is 151 Å². The minimum atomic E-state index is -4.85. The number of nitrogens with two attached hydrogens (primary N) is 1. The molecular formula is C14H14Cl2F3N5O. The molecule has 25 heavy (non-hydrogen) atoms. The average molecular weight is 396 g/mol. The Balaban J connectivity index is 2.43. The lowest BCUT2D eigenvalue weighted by molar-refractivity contribution is -0.143. The second-order valence-electron chi connectivity index (χ2n) is 5.30. The zero-order chi connectivity index (χ0) is 18.8. The minimum absolute atomic E-state index is 0.134. The summed E-state index contributed by atoms with van der Waals surface area (Å²) in [5, 5.41) is 6.03. The number of alkyl halides is 3. The van der Waals surface area contributed by atoms with Crippen LogP contribution in [0.5, 0.6) is 0 Å². The predicted molar refractivity (Wildman–Crippen MR) is 87.0 cm³/mol. The van der Waals surface area contributed by atoms with E-state index in [0.717, 1.165) is 12.4 Å². The van der Waals surface area contributed by atoms with Gasteiger partial charge in [-0.25, -0.2) is 9.67 Å². The van der Waals surface area contributed by atoms with Crippen LogP contribution in [0, 0.1) is 0 Å². The second kappa shape index (κ2) is 7.59. The molecule has 0 saturated carbocycles. The van der Waals surface area contributed by atoms with Crippen molar-refractivity contribution in [1.82, 2.24) is 20.1 Å². The standard InChI is InChI=1S/C14H14Cl2F3N5O/c1-7(20)2-3-21-13(25)9-6-23-24(11(9)14(17,18)19)12-10(16)4-8(15)5-22-12/h4-7H,2-3,20H2,1H3,(H,21,25). The number of hydrogen-bond donors (Lipinski definition) is 2. The van der Waals surface area contributed by atoms with Gasteiger partial charge in [0.05, 0.1) is 21.8 Å². The molecule has 0 spiro atoms. The summed E-state index contributed by atoms with van der Waals surface area (Å²) in [4.78, 5) is 15.9. The first kappa shape index (κ1) is 19.5. The molecule has 0 aliphatic carbocycles. The topological polar surface area (TPSA) is 85.8 Å². The van der Waals surface area contributed by atoms with Gasteiger partial charge in [0, 0.05) is 18.8 Å². The van der Waals surface area contributed by atoms with Gasteiger partial charge in [-0.15, -0.1) is 0 Å². The number of rotatable bonds is 5. The molecule has 1 unspecified atom stereocenters. The molecule has 11 heteroatoms. The summed E-state index contributed by atoms with van der Waals surface area (Å²) in [6, 6.07) is 1.04. The minimum Gasteiger partial charge on any atom is -0.352 e. The van der Waals surface area contributed by atoms with Crippen LogP contribution in [0.3, 0.4) is 0 Å². The van der Waals surface area contributed by atoms with E-state index in [1.165, 1.54) is 6.07 Å². The lowest BCUT2D eigenvalue weighted by Crippen LogP contribution is -2.30. The van der Waals surface area contributed by atoms with Crippen molar-refractivity contribution in [2.24, 2.45) is 5.73 Å². The van der Waals surface area contributed by atoms with Gasteiger partial charge in [-0.3, -0.25) is 4.79 Å². The van der Waals surface area contributed by atoms with Gasteiger partial charge in [0.25, 0.3) is 5.91 Å². The third-order valence-corrected chi connectivity index (χ3v) is 3.64. The van der Waals surface area contributed by atoms with E-state index in [9.17, 15) is 18.0 Å². The van der Waals surface area contributed by atoms with E-state index >= 15 is 0 Å². The van der Waals surface area contributed by atoms with E-state index < -0.39 is 23.3 Å². The van der Waals surface area contributed by atoms with E-state index in [1.54, 1.807) is 6.92 Å². The van der Waals surface area contributed by atoms with Crippen molar-refractivity contribution in [2.75, 3.05) is 6.54 Å². The van der Waals surface area contributed by atoms with Crippen molar-refractivity contribution in [3.63, 3.8) is 0 Å². The van der Waals surface area contributed by atoms with Gasteiger partial charge in [-0.1, -0.05) is 23.2 Å². The summed E-state index contributed by atoms with van der Waals surface area (Å²) >= 11 is 11.6. The van der Waals surface area contributed by atoms with Crippen molar-refractivity contribution in [2.45, 2.75) is 25.6 Å². The van der Waals surface area contributed by atoms with E-state index in [-0.39, 0.29) is 28.4 Å². The summed E-state index contributed by atoms with van der Waals surface area (Å²) in [6.45, 7) is 1.86. The van der Waals surface area contributed by atoms with Crippen LogP contribution in [0.25, 0.3) is 5.82 Å². The summed E-state index contributed by atoms with van der Waals surface area (Å²) in [5.41, 5.74) is 3.63. The summed E-state index contributed by atoms with van der Waals surface area (Å²) in [6.07, 6.45) is -2.48. The molecule has 0 aliphatic rings. The molecule has 2 aromatic rings. The van der Waals surface area contributed by atoms with Gasteiger partial charge in [0.2, 0.25) is 0 Å². The molecule has 2 rings (SSSR count). The first-order valence-corrected chi connectivity index (χ1v) is 7.87. The molecular weight excluding hydrogens is 382 g/mol. The van der Waals surface area contributed by atoms with Gasteiger partial charge in [-0.2, -0.15) is 18.3 Å². The second-order valence-corrected chi connectivity index (χ2v) is 6.14. The predicted octanol–water partition coefficient (Wildman–Crippen LogP) is 3.06. The Kier molecular flexibility index (Phi) is 5.91. The highest BCUT2D eigenvalue weighted by atomic mass is 35.5. The molecule has 0 fully saturated rings. The van der Waals surface area contributed by atoms with Gasteiger partial charge >= 0.3 is 6.18 Å². The summed E-state index contributed by atoms with van der Waals surface area (Å²) in [7, 11) is 0. The maximum Gasteiger partial charge on any atom is 0.434 e. The Morgan fingerprint density at radius 1 is 1.40 bits per heavy atom. The van der Waals surface area contributed by atoms with Crippen LogP contribution in [0.2, 0.25) is 10.0 Å². The van der Waals surface area contributed by atoms with Gasteiger partial charge in [0.1, 0.15) is 0 Å². The van der Waals surface area contributed by atoms with Gasteiger partial charge in [-0.05, 0) is 19.4 Å². The first-order chi connectivity index (χ1) is 11.6. The number of hydrogen-bond acceptors (Lipinski definition) is 4. The number of carbonyl (C=O) groups excluding carboxylic acids is 1. The summed E-state index contributed by atoms with van der Waals surface area (Å²) < 4.78 is 40.9. The average Bonchev–Trinajstić information content (AvgIpc) is 2.91. The molecule has 0 saturated heterocycles. The monoisotopic (exact) mass is 395 g/mol. The normalized spacial score (nSPS) is 12.9. The molecule has 2 aromatic heterocycles. The number of carbonyl (C=O) groups is 1. The Morgan fingerprint density at radius 2 is 2.08 bits per heavy atom. The SMILES string of the molecule is CC(N)CCNC(=O)c1cnn(-c2ncc(Cl)cc2Cl)c1C(F)(F)F. The third kappa shape index (κ3) is 4.62. The van der Waals surface area contributed by atoms with Crippen LogP contribution >= 0.6 is 23.2 Å². The number of aromatic nitrogens is 3. The zero-order valence-corrected chi connectivity index (χ0v) is 14.5. The summed E-state index contributed by atoms with van der Waals surface area (Å²) in [5.74, 6) is -1.20. The largest absolute Gasteiger partial charge is 0.434 e. The smallest absolute Gasteiger partial charge is 0.352 e. The van der Waals surface area contributed by atoms with E-state index in [4.69, 9.17) is 28.9 Å². The van der Waals surface area contributed by atoms with Crippen molar-refractivity contribution in [3.8, 4) is 5.82 Å². The molecule has 1 atom stereocenters. The zero-order valence-electron chi connectivity index (χ0n) is 12.9. The highest BCUT2D eigenvalue weighted by molar-refractivity contribution is 6.35. The lowest BCUT2D eigenvalue weighted by Gasteiger charge is -2.13. The van der Waals surface area contributed by atoms with Crippen molar-refractivity contribution in [3.05, 3.63) is 39.8 Å². The molecule has 6 nitrogen and oxygen atoms in total. The van der Waals surface area contributed by atoms with E-state index in [1.807, 2.05) is 0 Å². The highest BCUT2D eigenvalue weighted by Gasteiger charge is 2.41. The fraction of sp³-hybridized carbons (Fsp3) is 0.357. The van der Waals surface area contributed by atoms with Crippen molar-refractivity contribution in [1.29, 1.82) is 0 Å². The number of nitrogens with one attached hydrogen (secondary N) is 1. The quantitative estimate of drug-likeness (QED) is 0.814. The van der Waals surface area contributed by atoms with Gasteiger partial charge < -0.3 is 11.1 Å². The Bertz CT molecular complexity index is 776. The molecule has 0 aliphatic heterocycles. The maximum atomic E-state index is 13.5. The van der Waals surface area contributed by atoms with E-state index in [2.05, 4.69) is 15.4 Å². The fourth-order valence-corrected chi connectivity index (χ4v) is 2.48. The van der Waals surface area contributed by atoms with Crippen LogP contribution in [0.1, 0.15) is 29.4 Å². The van der Waals surface area contributed by atoms with Crippen LogP contribution in [-0.2, 0) is 6.18 Å². The van der Waals surface area contributed by atoms with Crippen LogP contribution < -0.4 is 11.1 Å². The molecule has 3 N–H and O–H groups in total. The first-order valence-electron chi connectivity index (χ1n) is 7.11. The fourth-order valence-electron chi connectivity index (χ4n) is 2.02. The Hall–Kier alpha value is -1.84. The Morgan fingerprint density at radius 3 is 2.64 bits per heavy atom. The maximum absolute atomic E-state index is 13.5. The number of pyridine rings is 1. The molecule has 0 aromatic carbocycles. The van der Waals surface area contributed by atoms with Crippen molar-refractivity contribution < 1.29 is 18.0 Å². The van der Waals surface area contributed by atoms with Crippen LogP contribution in [0.15, 0.2) is 18.5 Å². The molecule has 0 radical (unpaired) electrons. The van der Waals surface area contributed by atoms with Crippen LogP contribution in [0.4, 0.5) is 13.2 Å². The number of amides is 1. The third-order valence-electron chi connectivity index (χ3n) is 3.16. The van der Waals surface area contributed by atoms with Crippen molar-refractivity contribution >= 4 is 29.1 Å². The highest BCUT2D eigenvalue weighted by Crippen LogP contribution is 2.34. The molecule has 136 valence electrons. The lowest BCUT2D eigenvalue weighted by atomic mass is 10.2.